The van der Waals surface area contributed by atoms with Crippen LogP contribution >= 0.6 is 0 Å². The zero-order valence-electron chi connectivity index (χ0n) is 26.9. The third kappa shape index (κ3) is 3.93. The topological polar surface area (TPSA) is 34.5 Å². The van der Waals surface area contributed by atoms with Crippen molar-refractivity contribution in [1.29, 1.82) is 0 Å². The van der Waals surface area contributed by atoms with Gasteiger partial charge in [-0.15, -0.1) is 0 Å². The molecule has 0 radical (unpaired) electrons. The van der Waals surface area contributed by atoms with E-state index in [4.69, 9.17) is 8.83 Å². The van der Waals surface area contributed by atoms with Crippen LogP contribution in [0.15, 0.2) is 179 Å². The van der Waals surface area contributed by atoms with Crippen LogP contribution in [-0.2, 0) is 0 Å². The van der Waals surface area contributed by atoms with Gasteiger partial charge in [0.2, 0.25) is 0 Å². The van der Waals surface area contributed by atoms with Crippen LogP contribution in [-0.4, -0.2) is 4.57 Å². The first-order valence-electron chi connectivity index (χ1n) is 16.9. The number of fused-ring (bicyclic) bond motifs is 10. The Morgan fingerprint density at radius 3 is 1.76 bits per heavy atom. The molecule has 4 nitrogen and oxygen atoms in total. The molecule has 11 rings (SSSR count). The maximum atomic E-state index is 6.61. The molecular weight excluding hydrogens is 613 g/mol. The summed E-state index contributed by atoms with van der Waals surface area (Å²) in [7, 11) is 0. The lowest BCUT2D eigenvalue weighted by Crippen LogP contribution is -2.11. The Labute approximate surface area is 286 Å². The van der Waals surface area contributed by atoms with Gasteiger partial charge in [0, 0.05) is 61.5 Å². The molecule has 0 aliphatic heterocycles. The van der Waals surface area contributed by atoms with E-state index in [1.807, 2.05) is 12.1 Å². The molecule has 0 aliphatic carbocycles. The lowest BCUT2D eigenvalue weighted by Gasteiger charge is -2.27. The smallest absolute Gasteiger partial charge is 0.137 e. The molecule has 0 atom stereocenters. The summed E-state index contributed by atoms with van der Waals surface area (Å²) in [6, 6.07) is 60.1. The number of rotatable bonds is 4. The van der Waals surface area contributed by atoms with Crippen molar-refractivity contribution in [3.63, 3.8) is 0 Å². The summed E-state index contributed by atoms with van der Waals surface area (Å²) in [5, 5.41) is 9.19. The summed E-state index contributed by atoms with van der Waals surface area (Å²) < 4.78 is 15.4. The third-order valence-electron chi connectivity index (χ3n) is 10.1. The van der Waals surface area contributed by atoms with Crippen molar-refractivity contribution in [2.24, 2.45) is 0 Å². The van der Waals surface area contributed by atoms with Gasteiger partial charge in [0.05, 0.1) is 16.7 Å². The summed E-state index contributed by atoms with van der Waals surface area (Å²) >= 11 is 0. The maximum Gasteiger partial charge on any atom is 0.137 e. The summed E-state index contributed by atoms with van der Waals surface area (Å²) in [5.74, 6) is 0. The average Bonchev–Trinajstić information content (AvgIpc) is 3.83. The number of hydrogen-bond donors (Lipinski definition) is 0. The number of para-hydroxylation sites is 4. The molecule has 0 fully saturated rings. The van der Waals surface area contributed by atoms with E-state index in [9.17, 15) is 0 Å². The Hall–Kier alpha value is -6.78. The lowest BCUT2D eigenvalue weighted by atomic mass is 10.1. The van der Waals surface area contributed by atoms with Gasteiger partial charge in [-0.05, 0) is 77.5 Å². The van der Waals surface area contributed by atoms with Crippen LogP contribution in [0.3, 0.4) is 0 Å². The van der Waals surface area contributed by atoms with E-state index in [-0.39, 0.29) is 0 Å². The fourth-order valence-corrected chi connectivity index (χ4v) is 7.90. The zero-order chi connectivity index (χ0) is 32.8. The first-order chi connectivity index (χ1) is 24.8. The van der Waals surface area contributed by atoms with Gasteiger partial charge >= 0.3 is 0 Å². The molecule has 0 bridgehead atoms. The number of anilines is 3. The monoisotopic (exact) mass is 640 g/mol. The van der Waals surface area contributed by atoms with Crippen LogP contribution in [0.5, 0.6) is 0 Å². The van der Waals surface area contributed by atoms with E-state index in [0.29, 0.717) is 0 Å². The minimum atomic E-state index is 0.846. The number of benzene rings is 8. The standard InChI is InChI=1S/C46H28N2O2/c1-2-13-31(14-3-1)48-40-18-8-6-15-34(40)38-17-10-19-41(46(38)48)47(32-21-23-36-35-16-7-9-20-42(35)49-44(36)27-32)33-22-24-37-39-25-29-11-4-5-12-30(29)26-43(39)50-45(37)28-33/h1-28H. The number of hydrogen-bond acceptors (Lipinski definition) is 3. The fraction of sp³-hybridized carbons (Fsp3) is 0. The first kappa shape index (κ1) is 27.2. The Balaban J connectivity index is 1.22. The summed E-state index contributed by atoms with van der Waals surface area (Å²) in [5.41, 5.74) is 9.90. The van der Waals surface area contributed by atoms with Gasteiger partial charge in [0.1, 0.15) is 22.3 Å². The Bertz CT molecular complexity index is 3110. The second kappa shape index (κ2) is 10.4. The molecule has 4 heteroatoms. The van der Waals surface area contributed by atoms with Crippen LogP contribution in [0, 0.1) is 0 Å². The molecule has 0 unspecified atom stereocenters. The lowest BCUT2D eigenvalue weighted by molar-refractivity contribution is 0.669. The predicted molar refractivity (Wildman–Crippen MR) is 208 cm³/mol. The minimum Gasteiger partial charge on any atom is -0.456 e. The van der Waals surface area contributed by atoms with Gasteiger partial charge in [-0.1, -0.05) is 91.0 Å². The molecule has 11 aromatic rings. The van der Waals surface area contributed by atoms with Gasteiger partial charge in [0.15, 0.2) is 0 Å². The van der Waals surface area contributed by atoms with Crippen molar-refractivity contribution in [2.75, 3.05) is 4.90 Å². The van der Waals surface area contributed by atoms with Gasteiger partial charge < -0.3 is 18.3 Å². The minimum absolute atomic E-state index is 0.846. The second-order valence-corrected chi connectivity index (χ2v) is 13.0. The number of aromatic nitrogens is 1. The molecule has 0 amide bonds. The van der Waals surface area contributed by atoms with E-state index in [0.717, 1.165) is 77.7 Å². The van der Waals surface area contributed by atoms with Crippen molar-refractivity contribution >= 4 is 93.5 Å². The summed E-state index contributed by atoms with van der Waals surface area (Å²) in [6.07, 6.45) is 0. The number of furan rings is 2. The highest BCUT2D eigenvalue weighted by atomic mass is 16.3. The average molecular weight is 641 g/mol. The molecule has 0 N–H and O–H groups in total. The van der Waals surface area contributed by atoms with Gasteiger partial charge in [-0.3, -0.25) is 0 Å². The molecule has 0 aliphatic rings. The van der Waals surface area contributed by atoms with Crippen LogP contribution in [0.1, 0.15) is 0 Å². The summed E-state index contributed by atoms with van der Waals surface area (Å²) in [4.78, 5) is 2.34. The van der Waals surface area contributed by atoms with Crippen molar-refractivity contribution in [3.05, 3.63) is 170 Å². The van der Waals surface area contributed by atoms with Gasteiger partial charge in [0.25, 0.3) is 0 Å². The highest BCUT2D eigenvalue weighted by Gasteiger charge is 2.23. The highest BCUT2D eigenvalue weighted by Crippen LogP contribution is 2.46. The van der Waals surface area contributed by atoms with Crippen LogP contribution in [0.25, 0.3) is 82.1 Å². The van der Waals surface area contributed by atoms with E-state index in [1.54, 1.807) is 0 Å². The molecule has 234 valence electrons. The maximum absolute atomic E-state index is 6.61. The molecular formula is C46H28N2O2. The van der Waals surface area contributed by atoms with Crippen molar-refractivity contribution in [3.8, 4) is 5.69 Å². The SMILES string of the molecule is c1ccc(-n2c3ccccc3c3cccc(N(c4ccc5c(c4)oc4ccccc45)c4ccc5c(c4)oc4cc6ccccc6cc45)c32)cc1. The van der Waals surface area contributed by atoms with Crippen LogP contribution < -0.4 is 4.90 Å². The third-order valence-corrected chi connectivity index (χ3v) is 10.1. The largest absolute Gasteiger partial charge is 0.456 e. The Kier molecular flexibility index (Phi) is 5.63. The zero-order valence-corrected chi connectivity index (χ0v) is 26.9. The summed E-state index contributed by atoms with van der Waals surface area (Å²) in [6.45, 7) is 0. The first-order valence-corrected chi connectivity index (χ1v) is 16.9. The van der Waals surface area contributed by atoms with E-state index >= 15 is 0 Å². The van der Waals surface area contributed by atoms with Crippen molar-refractivity contribution < 1.29 is 8.83 Å². The molecule has 3 heterocycles. The Morgan fingerprint density at radius 2 is 0.960 bits per heavy atom. The molecule has 8 aromatic carbocycles. The molecule has 0 saturated carbocycles. The van der Waals surface area contributed by atoms with Crippen LogP contribution in [0.2, 0.25) is 0 Å². The van der Waals surface area contributed by atoms with E-state index < -0.39 is 0 Å². The molecule has 0 spiro atoms. The number of nitrogens with zero attached hydrogens (tertiary/aromatic N) is 2. The highest BCUT2D eigenvalue weighted by molar-refractivity contribution is 6.16. The van der Waals surface area contributed by atoms with Crippen molar-refractivity contribution in [2.45, 2.75) is 0 Å². The Morgan fingerprint density at radius 1 is 0.380 bits per heavy atom. The second-order valence-electron chi connectivity index (χ2n) is 13.0. The normalized spacial score (nSPS) is 12.0. The van der Waals surface area contributed by atoms with Gasteiger partial charge in [-0.25, -0.2) is 0 Å². The van der Waals surface area contributed by atoms with Crippen molar-refractivity contribution in [1.82, 2.24) is 4.57 Å². The molecule has 0 saturated heterocycles. The van der Waals surface area contributed by atoms with E-state index in [1.165, 1.54) is 21.5 Å². The van der Waals surface area contributed by atoms with Crippen LogP contribution in [0.4, 0.5) is 17.1 Å². The molecule has 50 heavy (non-hydrogen) atoms. The fourth-order valence-electron chi connectivity index (χ4n) is 7.90. The predicted octanol–water partition coefficient (Wildman–Crippen LogP) is 13.2. The molecule has 3 aromatic heterocycles. The quantitative estimate of drug-likeness (QED) is 0.192. The van der Waals surface area contributed by atoms with E-state index in [2.05, 4.69) is 167 Å². The van der Waals surface area contributed by atoms with Gasteiger partial charge in [-0.2, -0.15) is 0 Å².